The van der Waals surface area contributed by atoms with Crippen molar-refractivity contribution in [3.8, 4) is 28.7 Å². The van der Waals surface area contributed by atoms with Crippen molar-refractivity contribution in [3.05, 3.63) is 76.3 Å². The average molecular weight is 481 g/mol. The van der Waals surface area contributed by atoms with Crippen molar-refractivity contribution in [2.45, 2.75) is 18.7 Å². The summed E-state index contributed by atoms with van der Waals surface area (Å²) in [5, 5.41) is 7.66. The van der Waals surface area contributed by atoms with Gasteiger partial charge in [0, 0.05) is 28.1 Å². The highest BCUT2D eigenvalue weighted by atomic mass is 35.5. The lowest BCUT2D eigenvalue weighted by Crippen LogP contribution is -2.33. The molecule has 0 saturated carbocycles. The van der Waals surface area contributed by atoms with Crippen molar-refractivity contribution in [1.29, 1.82) is 0 Å². The fourth-order valence-corrected chi connectivity index (χ4v) is 4.66. The first-order chi connectivity index (χ1) is 16.6. The van der Waals surface area contributed by atoms with E-state index in [1.807, 2.05) is 59.6 Å². The lowest BCUT2D eigenvalue weighted by molar-refractivity contribution is -0.0191. The first kappa shape index (κ1) is 22.2. The third kappa shape index (κ3) is 3.76. The van der Waals surface area contributed by atoms with E-state index in [1.165, 1.54) is 0 Å². The molecule has 5 rings (SSSR count). The van der Waals surface area contributed by atoms with Gasteiger partial charge in [0.1, 0.15) is 5.75 Å². The molecule has 0 spiro atoms. The van der Waals surface area contributed by atoms with Gasteiger partial charge in [-0.1, -0.05) is 11.6 Å². The van der Waals surface area contributed by atoms with E-state index in [4.69, 9.17) is 40.4 Å². The Morgan fingerprint density at radius 2 is 1.50 bits per heavy atom. The second-order valence-electron chi connectivity index (χ2n) is 7.98. The number of fused-ring (bicyclic) bond motifs is 3. The molecule has 2 heterocycles. The van der Waals surface area contributed by atoms with Crippen LogP contribution in [-0.2, 0) is 0 Å². The number of hydrogen-bond donors (Lipinski definition) is 0. The Labute approximate surface area is 203 Å². The molecule has 7 nitrogen and oxygen atoms in total. The topological polar surface area (TPSA) is 61.8 Å². The van der Waals surface area contributed by atoms with Gasteiger partial charge < -0.3 is 23.7 Å². The Balaban J connectivity index is 1.59. The summed E-state index contributed by atoms with van der Waals surface area (Å²) in [4.78, 5) is 0. The first-order valence-corrected chi connectivity index (χ1v) is 11.2. The summed E-state index contributed by atoms with van der Waals surface area (Å²) in [5.74, 6) is 3.40. The Morgan fingerprint density at radius 1 is 0.824 bits per heavy atom. The third-order valence-electron chi connectivity index (χ3n) is 6.16. The molecule has 2 aliphatic rings. The monoisotopic (exact) mass is 480 g/mol. The third-order valence-corrected chi connectivity index (χ3v) is 6.40. The molecule has 176 valence electrons. The van der Waals surface area contributed by atoms with Crippen molar-refractivity contribution >= 4 is 17.3 Å². The van der Waals surface area contributed by atoms with Gasteiger partial charge in [0.05, 0.1) is 40.2 Å². The summed E-state index contributed by atoms with van der Waals surface area (Å²) < 4.78 is 28.3. The van der Waals surface area contributed by atoms with Gasteiger partial charge in [-0.2, -0.15) is 5.10 Å². The smallest absolute Gasteiger partial charge is 0.214 e. The molecule has 0 fully saturated rings. The summed E-state index contributed by atoms with van der Waals surface area (Å²) in [7, 11) is 6.48. The summed E-state index contributed by atoms with van der Waals surface area (Å²) in [6, 6.07) is 17.3. The quantitative estimate of drug-likeness (QED) is 0.456. The maximum absolute atomic E-state index is 6.44. The zero-order valence-corrected chi connectivity index (χ0v) is 20.1. The fraction of sp³-hybridized carbons (Fsp3) is 0.269. The molecule has 0 bridgehead atoms. The number of benzene rings is 3. The van der Waals surface area contributed by atoms with E-state index in [0.29, 0.717) is 34.4 Å². The van der Waals surface area contributed by atoms with Crippen molar-refractivity contribution in [1.82, 2.24) is 5.01 Å². The van der Waals surface area contributed by atoms with Crippen LogP contribution in [-0.4, -0.2) is 39.2 Å². The van der Waals surface area contributed by atoms with Crippen LogP contribution in [0.15, 0.2) is 59.7 Å². The minimum absolute atomic E-state index is 0.0383. The highest BCUT2D eigenvalue weighted by Gasteiger charge is 2.41. The second kappa shape index (κ2) is 8.99. The van der Waals surface area contributed by atoms with Crippen LogP contribution in [0.1, 0.15) is 35.4 Å². The van der Waals surface area contributed by atoms with Gasteiger partial charge >= 0.3 is 0 Å². The standard InChI is InChI=1S/C26H25ClN2O5/c1-30-22-8-5-15(11-24(22)32-3)19-14-20-18-13-17(27)7-10-21(18)34-26(29(20)28-19)16-6-9-23(31-2)25(12-16)33-4/h5-13,20,26H,14H2,1-4H3/t20-,26-/m1/s1. The molecule has 0 unspecified atom stereocenters. The van der Waals surface area contributed by atoms with Gasteiger partial charge in [-0.25, -0.2) is 5.01 Å². The zero-order chi connectivity index (χ0) is 23.8. The molecule has 2 atom stereocenters. The number of ether oxygens (including phenoxy) is 5. The Bertz CT molecular complexity index is 1260. The molecule has 0 aliphatic carbocycles. The molecule has 3 aromatic carbocycles. The molecule has 2 aliphatic heterocycles. The van der Waals surface area contributed by atoms with Crippen molar-refractivity contribution in [2.75, 3.05) is 28.4 Å². The largest absolute Gasteiger partial charge is 0.493 e. The van der Waals surface area contributed by atoms with Gasteiger partial charge in [-0.3, -0.25) is 0 Å². The van der Waals surface area contributed by atoms with Crippen LogP contribution in [0.5, 0.6) is 28.7 Å². The lowest BCUT2D eigenvalue weighted by Gasteiger charge is -2.38. The Kier molecular flexibility index (Phi) is 5.87. The molecule has 0 aromatic heterocycles. The van der Waals surface area contributed by atoms with Gasteiger partial charge in [0.2, 0.25) is 6.23 Å². The SMILES string of the molecule is COc1ccc(C2=NN3[C@H](C2)c2cc(Cl)ccc2O[C@@H]3c2ccc(OC)c(OC)c2)cc1OC. The summed E-state index contributed by atoms with van der Waals surface area (Å²) in [6.45, 7) is 0. The van der Waals surface area contributed by atoms with E-state index in [9.17, 15) is 0 Å². The van der Waals surface area contributed by atoms with Gasteiger partial charge in [-0.05, 0) is 54.6 Å². The summed E-state index contributed by atoms with van der Waals surface area (Å²) in [5.41, 5.74) is 3.79. The molecular formula is C26H25ClN2O5. The van der Waals surface area contributed by atoms with Gasteiger partial charge in [0.15, 0.2) is 23.0 Å². The molecular weight excluding hydrogens is 456 g/mol. The summed E-state index contributed by atoms with van der Waals surface area (Å²) >= 11 is 6.35. The molecule has 0 radical (unpaired) electrons. The van der Waals surface area contributed by atoms with Crippen LogP contribution < -0.4 is 23.7 Å². The first-order valence-electron chi connectivity index (χ1n) is 10.8. The van der Waals surface area contributed by atoms with Crippen LogP contribution in [0.25, 0.3) is 0 Å². The summed E-state index contributed by atoms with van der Waals surface area (Å²) in [6.07, 6.45) is 0.242. The normalized spacial score (nSPS) is 18.4. The predicted octanol–water partition coefficient (Wildman–Crippen LogP) is 5.62. The average Bonchev–Trinajstić information content (AvgIpc) is 3.33. The Morgan fingerprint density at radius 3 is 2.21 bits per heavy atom. The minimum atomic E-state index is -0.448. The van der Waals surface area contributed by atoms with Crippen molar-refractivity contribution in [3.63, 3.8) is 0 Å². The van der Waals surface area contributed by atoms with E-state index in [1.54, 1.807) is 28.4 Å². The molecule has 34 heavy (non-hydrogen) atoms. The van der Waals surface area contributed by atoms with E-state index in [0.717, 1.165) is 28.2 Å². The van der Waals surface area contributed by atoms with E-state index >= 15 is 0 Å². The number of hydrogen-bond acceptors (Lipinski definition) is 7. The van der Waals surface area contributed by atoms with E-state index in [-0.39, 0.29) is 6.04 Å². The zero-order valence-electron chi connectivity index (χ0n) is 19.4. The van der Waals surface area contributed by atoms with E-state index < -0.39 is 6.23 Å². The predicted molar refractivity (Wildman–Crippen MR) is 130 cm³/mol. The van der Waals surface area contributed by atoms with Crippen LogP contribution in [0.4, 0.5) is 0 Å². The maximum Gasteiger partial charge on any atom is 0.214 e. The minimum Gasteiger partial charge on any atom is -0.493 e. The van der Waals surface area contributed by atoms with Gasteiger partial charge in [0.25, 0.3) is 0 Å². The van der Waals surface area contributed by atoms with E-state index in [2.05, 4.69) is 0 Å². The van der Waals surface area contributed by atoms with Crippen LogP contribution in [0.3, 0.4) is 0 Å². The number of methoxy groups -OCH3 is 4. The number of rotatable bonds is 6. The molecule has 8 heteroatoms. The molecule has 0 saturated heterocycles. The lowest BCUT2D eigenvalue weighted by atomic mass is 9.95. The van der Waals surface area contributed by atoms with Crippen molar-refractivity contribution in [2.24, 2.45) is 5.10 Å². The van der Waals surface area contributed by atoms with Crippen molar-refractivity contribution < 1.29 is 23.7 Å². The number of nitrogens with zero attached hydrogens (tertiary/aromatic N) is 2. The molecule has 0 amide bonds. The van der Waals surface area contributed by atoms with Crippen LogP contribution in [0, 0.1) is 0 Å². The molecule has 3 aromatic rings. The highest BCUT2D eigenvalue weighted by molar-refractivity contribution is 6.30. The fourth-order valence-electron chi connectivity index (χ4n) is 4.47. The Hall–Kier alpha value is -3.58. The molecule has 0 N–H and O–H groups in total. The van der Waals surface area contributed by atoms with Crippen LogP contribution >= 0.6 is 11.6 Å². The number of halogens is 1. The van der Waals surface area contributed by atoms with Crippen LogP contribution in [0.2, 0.25) is 5.02 Å². The van der Waals surface area contributed by atoms with Gasteiger partial charge in [-0.15, -0.1) is 0 Å². The second-order valence-corrected chi connectivity index (χ2v) is 8.42. The highest BCUT2D eigenvalue weighted by Crippen LogP contribution is 2.49. The number of hydrazone groups is 1. The maximum atomic E-state index is 6.44.